The maximum Gasteiger partial charge on any atom is 0.350 e. The molecule has 0 aliphatic heterocycles. The van der Waals surface area contributed by atoms with Crippen molar-refractivity contribution in [2.45, 2.75) is 39.7 Å². The lowest BCUT2D eigenvalue weighted by atomic mass is 9.95. The molecule has 1 aromatic heterocycles. The summed E-state index contributed by atoms with van der Waals surface area (Å²) in [7, 11) is 0. The van der Waals surface area contributed by atoms with E-state index in [-0.39, 0.29) is 24.0 Å². The van der Waals surface area contributed by atoms with Gasteiger partial charge >= 0.3 is 5.69 Å². The number of para-hydroxylation sites is 1. The molecule has 0 saturated heterocycles. The monoisotopic (exact) mass is 414 g/mol. The largest absolute Gasteiger partial charge is 0.350 e. The number of rotatable bonds is 9. The van der Waals surface area contributed by atoms with E-state index in [0.717, 1.165) is 37.6 Å². The lowest BCUT2D eigenvalue weighted by Gasteiger charge is -2.20. The van der Waals surface area contributed by atoms with Crippen molar-refractivity contribution in [3.8, 4) is 5.69 Å². The molecular formula is C23H31ClN4O. The van der Waals surface area contributed by atoms with E-state index in [4.69, 9.17) is 5.10 Å². The Morgan fingerprint density at radius 2 is 1.52 bits per heavy atom. The fourth-order valence-corrected chi connectivity index (χ4v) is 3.65. The number of nitrogens with zero attached hydrogens (tertiary/aromatic N) is 4. The molecule has 1 unspecified atom stereocenters. The fourth-order valence-electron chi connectivity index (χ4n) is 3.65. The lowest BCUT2D eigenvalue weighted by molar-refractivity contribution is 0.287. The maximum atomic E-state index is 13.3. The Bertz CT molecular complexity index is 917. The highest BCUT2D eigenvalue weighted by Gasteiger charge is 2.23. The van der Waals surface area contributed by atoms with Crippen LogP contribution in [0.25, 0.3) is 5.69 Å². The highest BCUT2D eigenvalue weighted by atomic mass is 35.5. The van der Waals surface area contributed by atoms with Crippen molar-refractivity contribution < 1.29 is 0 Å². The SMILES string of the molecule is CCC(c1ccccc1)c1nn(-c2ccccc2)c(=O)n1CCN(CC)CC.Cl. The maximum absolute atomic E-state index is 13.3. The summed E-state index contributed by atoms with van der Waals surface area (Å²) in [5.74, 6) is 0.935. The summed E-state index contributed by atoms with van der Waals surface area (Å²) in [6.07, 6.45) is 0.889. The van der Waals surface area contributed by atoms with E-state index in [1.165, 1.54) is 5.56 Å². The van der Waals surface area contributed by atoms with Crippen LogP contribution in [0.1, 0.15) is 44.5 Å². The molecule has 2 aromatic carbocycles. The van der Waals surface area contributed by atoms with Gasteiger partial charge in [-0.15, -0.1) is 17.5 Å². The molecule has 0 aliphatic rings. The molecule has 156 valence electrons. The van der Waals surface area contributed by atoms with Gasteiger partial charge in [0.25, 0.3) is 0 Å². The van der Waals surface area contributed by atoms with Crippen molar-refractivity contribution in [2.24, 2.45) is 0 Å². The van der Waals surface area contributed by atoms with Gasteiger partial charge in [-0.1, -0.05) is 69.3 Å². The van der Waals surface area contributed by atoms with E-state index >= 15 is 0 Å². The van der Waals surface area contributed by atoms with Crippen molar-refractivity contribution in [3.63, 3.8) is 0 Å². The van der Waals surface area contributed by atoms with Crippen molar-refractivity contribution in [2.75, 3.05) is 19.6 Å². The van der Waals surface area contributed by atoms with Gasteiger partial charge in [0.1, 0.15) is 5.82 Å². The molecule has 0 radical (unpaired) electrons. The second-order valence-electron chi connectivity index (χ2n) is 6.94. The van der Waals surface area contributed by atoms with Gasteiger partial charge < -0.3 is 4.90 Å². The molecule has 5 nitrogen and oxygen atoms in total. The highest BCUT2D eigenvalue weighted by molar-refractivity contribution is 5.85. The Morgan fingerprint density at radius 3 is 2.07 bits per heavy atom. The average Bonchev–Trinajstić information content (AvgIpc) is 3.07. The van der Waals surface area contributed by atoms with Crippen LogP contribution in [0.4, 0.5) is 0 Å². The van der Waals surface area contributed by atoms with Crippen LogP contribution in [0.2, 0.25) is 0 Å². The zero-order valence-electron chi connectivity index (χ0n) is 17.5. The van der Waals surface area contributed by atoms with E-state index in [9.17, 15) is 4.79 Å². The van der Waals surface area contributed by atoms with E-state index < -0.39 is 0 Å². The van der Waals surface area contributed by atoms with Crippen molar-refractivity contribution in [3.05, 3.63) is 82.5 Å². The molecule has 0 fully saturated rings. The third kappa shape index (κ3) is 5.17. The summed E-state index contributed by atoms with van der Waals surface area (Å²) in [5, 5.41) is 4.81. The normalized spacial score (nSPS) is 12.0. The molecule has 0 bridgehead atoms. The summed E-state index contributed by atoms with van der Waals surface area (Å²) in [5.41, 5.74) is 1.93. The minimum atomic E-state index is -0.0669. The van der Waals surface area contributed by atoms with Crippen LogP contribution in [0, 0.1) is 0 Å². The Labute approximate surface area is 179 Å². The first kappa shape index (κ1) is 22.9. The van der Waals surface area contributed by atoms with Gasteiger partial charge in [-0.25, -0.2) is 4.79 Å². The highest BCUT2D eigenvalue weighted by Crippen LogP contribution is 2.26. The van der Waals surface area contributed by atoms with Gasteiger partial charge in [-0.3, -0.25) is 4.57 Å². The fraction of sp³-hybridized carbons (Fsp3) is 0.391. The third-order valence-corrected chi connectivity index (χ3v) is 5.35. The van der Waals surface area contributed by atoms with Crippen LogP contribution in [0.15, 0.2) is 65.5 Å². The minimum Gasteiger partial charge on any atom is -0.302 e. The molecule has 0 aliphatic carbocycles. The molecule has 0 amide bonds. The van der Waals surface area contributed by atoms with Crippen molar-refractivity contribution in [1.82, 2.24) is 19.2 Å². The smallest absolute Gasteiger partial charge is 0.302 e. The van der Waals surface area contributed by atoms with Crippen LogP contribution >= 0.6 is 12.4 Å². The zero-order chi connectivity index (χ0) is 19.9. The van der Waals surface area contributed by atoms with Gasteiger partial charge in [0.05, 0.1) is 5.69 Å². The van der Waals surface area contributed by atoms with Gasteiger partial charge in [-0.2, -0.15) is 4.68 Å². The van der Waals surface area contributed by atoms with Gasteiger partial charge in [0.2, 0.25) is 0 Å². The van der Waals surface area contributed by atoms with Crippen LogP contribution in [-0.2, 0) is 6.54 Å². The van der Waals surface area contributed by atoms with Gasteiger partial charge in [0, 0.05) is 19.0 Å². The quantitative estimate of drug-likeness (QED) is 0.523. The van der Waals surface area contributed by atoms with Crippen LogP contribution in [0.3, 0.4) is 0 Å². The topological polar surface area (TPSA) is 43.1 Å². The molecule has 3 rings (SSSR count). The average molecular weight is 415 g/mol. The Morgan fingerprint density at radius 1 is 0.931 bits per heavy atom. The van der Waals surface area contributed by atoms with Crippen molar-refractivity contribution in [1.29, 1.82) is 0 Å². The molecule has 29 heavy (non-hydrogen) atoms. The van der Waals surface area contributed by atoms with Crippen molar-refractivity contribution >= 4 is 12.4 Å². The van der Waals surface area contributed by atoms with Gasteiger partial charge in [0.15, 0.2) is 0 Å². The first-order chi connectivity index (χ1) is 13.7. The van der Waals surface area contributed by atoms with E-state index in [1.807, 2.05) is 53.1 Å². The van der Waals surface area contributed by atoms with E-state index in [0.29, 0.717) is 6.54 Å². The number of aromatic nitrogens is 3. The van der Waals surface area contributed by atoms with Crippen LogP contribution in [0.5, 0.6) is 0 Å². The molecule has 0 N–H and O–H groups in total. The molecule has 0 saturated carbocycles. The van der Waals surface area contributed by atoms with E-state index in [2.05, 4.69) is 37.8 Å². The van der Waals surface area contributed by atoms with E-state index in [1.54, 1.807) is 4.68 Å². The standard InChI is InChI=1S/C23H30N4O.ClH/c1-4-21(19-13-9-7-10-14-19)22-24-27(20-15-11-8-12-16-20)23(28)26(22)18-17-25(5-2)6-3;/h7-16,21H,4-6,17-18H2,1-3H3;1H. The summed E-state index contributed by atoms with van der Waals surface area (Å²) >= 11 is 0. The number of likely N-dealkylation sites (N-methyl/N-ethyl adjacent to an activating group) is 1. The number of benzene rings is 2. The van der Waals surface area contributed by atoms with Crippen LogP contribution in [-0.4, -0.2) is 38.9 Å². The predicted octanol–water partition coefficient (Wildman–Crippen LogP) is 4.34. The number of hydrogen-bond acceptors (Lipinski definition) is 3. The third-order valence-electron chi connectivity index (χ3n) is 5.35. The summed E-state index contributed by atoms with van der Waals surface area (Å²) in [6, 6.07) is 20.0. The Hall–Kier alpha value is -2.37. The second-order valence-corrected chi connectivity index (χ2v) is 6.94. The minimum absolute atomic E-state index is 0. The lowest BCUT2D eigenvalue weighted by Crippen LogP contribution is -2.32. The first-order valence-corrected chi connectivity index (χ1v) is 10.2. The van der Waals surface area contributed by atoms with Gasteiger partial charge in [-0.05, 0) is 37.2 Å². The Kier molecular flexibility index (Phi) is 8.68. The molecule has 3 aromatic rings. The number of hydrogen-bond donors (Lipinski definition) is 0. The predicted molar refractivity (Wildman–Crippen MR) is 121 cm³/mol. The molecular weight excluding hydrogens is 384 g/mol. The second kappa shape index (κ2) is 11.0. The number of halogens is 1. The molecule has 1 heterocycles. The van der Waals surface area contributed by atoms with Crippen LogP contribution < -0.4 is 5.69 Å². The summed E-state index contributed by atoms with van der Waals surface area (Å²) in [4.78, 5) is 15.6. The Balaban J connectivity index is 0.00000300. The summed E-state index contributed by atoms with van der Waals surface area (Å²) in [6.45, 7) is 9.89. The molecule has 6 heteroatoms. The molecule has 0 spiro atoms. The molecule has 1 atom stereocenters. The summed E-state index contributed by atoms with van der Waals surface area (Å²) < 4.78 is 3.41. The zero-order valence-corrected chi connectivity index (χ0v) is 18.3. The first-order valence-electron chi connectivity index (χ1n) is 10.2.